The fourth-order valence-electron chi connectivity index (χ4n) is 3.24. The van der Waals surface area contributed by atoms with Crippen LogP contribution in [0.25, 0.3) is 0 Å². The molecule has 30 heavy (non-hydrogen) atoms. The Bertz CT molecular complexity index is 990. The maximum atomic E-state index is 14.6. The summed E-state index contributed by atoms with van der Waals surface area (Å²) in [7, 11) is 0.594. The predicted octanol–water partition coefficient (Wildman–Crippen LogP) is 6.55. The van der Waals surface area contributed by atoms with Gasteiger partial charge in [-0.1, -0.05) is 41.9 Å². The van der Waals surface area contributed by atoms with Crippen molar-refractivity contribution in [2.24, 2.45) is 0 Å². The van der Waals surface area contributed by atoms with Gasteiger partial charge in [0.2, 0.25) is 0 Å². The molecule has 0 fully saturated rings. The quantitative estimate of drug-likeness (QED) is 0.402. The second-order valence-corrected chi connectivity index (χ2v) is 10.5. The lowest BCUT2D eigenvalue weighted by Crippen LogP contribution is -2.22. The Morgan fingerprint density at radius 3 is 2.03 bits per heavy atom. The van der Waals surface area contributed by atoms with Gasteiger partial charge in [-0.25, -0.2) is 0 Å². The van der Waals surface area contributed by atoms with Crippen LogP contribution < -0.4 is 15.5 Å². The van der Waals surface area contributed by atoms with Crippen LogP contribution in [0, 0.1) is 0 Å². The Kier molecular flexibility index (Phi) is 7.25. The molecule has 0 aromatic heterocycles. The molecule has 3 aromatic rings. The van der Waals surface area contributed by atoms with Gasteiger partial charge in [-0.05, 0) is 67.9 Å². The number of hydrogen-bond donors (Lipinski definition) is 1. The third-order valence-electron chi connectivity index (χ3n) is 4.70. The standard InChI is InChI=1S/C24H28ClN2O2P/c1-18(2)29-30(28,23-16-14-22(15-17-23)27(3)4)24(19-10-12-20(25)13-11-19)26-21-8-6-5-7-9-21/h5-18,24,26H,1-4H3. The number of rotatable bonds is 8. The van der Waals surface area contributed by atoms with Crippen LogP contribution in [0.3, 0.4) is 0 Å². The van der Waals surface area contributed by atoms with E-state index in [4.69, 9.17) is 16.1 Å². The van der Waals surface area contributed by atoms with Gasteiger partial charge >= 0.3 is 0 Å². The zero-order chi connectivity index (χ0) is 21.7. The molecule has 0 aliphatic carbocycles. The van der Waals surface area contributed by atoms with Crippen LogP contribution in [0.15, 0.2) is 78.9 Å². The Morgan fingerprint density at radius 2 is 1.50 bits per heavy atom. The predicted molar refractivity (Wildman–Crippen MR) is 128 cm³/mol. The zero-order valence-electron chi connectivity index (χ0n) is 17.7. The summed E-state index contributed by atoms with van der Waals surface area (Å²) < 4.78 is 20.8. The molecule has 0 amide bonds. The molecule has 1 N–H and O–H groups in total. The van der Waals surface area contributed by atoms with Crippen molar-refractivity contribution in [3.05, 3.63) is 89.4 Å². The van der Waals surface area contributed by atoms with Gasteiger partial charge in [0.25, 0.3) is 7.37 Å². The Morgan fingerprint density at radius 1 is 0.900 bits per heavy atom. The van der Waals surface area contributed by atoms with Gasteiger partial charge in [-0.2, -0.15) is 0 Å². The van der Waals surface area contributed by atoms with Crippen molar-refractivity contribution in [1.82, 2.24) is 0 Å². The van der Waals surface area contributed by atoms with Gasteiger partial charge < -0.3 is 14.7 Å². The van der Waals surface area contributed by atoms with Crippen LogP contribution in [0.2, 0.25) is 5.02 Å². The fraction of sp³-hybridized carbons (Fsp3) is 0.250. The third-order valence-corrected chi connectivity index (χ3v) is 7.81. The fourth-order valence-corrected chi connectivity index (χ4v) is 5.99. The summed E-state index contributed by atoms with van der Waals surface area (Å²) >= 11 is 6.11. The number of benzene rings is 3. The van der Waals surface area contributed by atoms with Crippen molar-refractivity contribution >= 4 is 35.6 Å². The maximum absolute atomic E-state index is 14.6. The highest BCUT2D eigenvalue weighted by atomic mass is 35.5. The highest BCUT2D eigenvalue weighted by Gasteiger charge is 2.38. The Balaban J connectivity index is 2.12. The summed E-state index contributed by atoms with van der Waals surface area (Å²) in [5.74, 6) is -0.565. The lowest BCUT2D eigenvalue weighted by atomic mass is 10.2. The second kappa shape index (κ2) is 9.70. The highest BCUT2D eigenvalue weighted by molar-refractivity contribution is 7.67. The average molecular weight is 443 g/mol. The summed E-state index contributed by atoms with van der Waals surface area (Å²) in [5.41, 5.74) is 2.76. The highest BCUT2D eigenvalue weighted by Crippen LogP contribution is 2.59. The first-order valence-corrected chi connectivity index (χ1v) is 12.0. The van der Waals surface area contributed by atoms with Gasteiger partial charge in [-0.15, -0.1) is 0 Å². The summed E-state index contributed by atoms with van der Waals surface area (Å²) in [6.07, 6.45) is -0.211. The van der Waals surface area contributed by atoms with Gasteiger partial charge in [-0.3, -0.25) is 4.57 Å². The van der Waals surface area contributed by atoms with Crippen molar-refractivity contribution in [2.45, 2.75) is 25.7 Å². The minimum atomic E-state index is -3.36. The van der Waals surface area contributed by atoms with Crippen LogP contribution in [0.1, 0.15) is 25.2 Å². The molecule has 0 radical (unpaired) electrons. The molecule has 4 nitrogen and oxygen atoms in total. The van der Waals surface area contributed by atoms with E-state index in [-0.39, 0.29) is 6.10 Å². The van der Waals surface area contributed by atoms with E-state index in [0.717, 1.165) is 16.9 Å². The van der Waals surface area contributed by atoms with Gasteiger partial charge in [0.05, 0.1) is 6.10 Å². The summed E-state index contributed by atoms with van der Waals surface area (Å²) in [6, 6.07) is 24.9. The van der Waals surface area contributed by atoms with Crippen LogP contribution >= 0.6 is 19.0 Å². The van der Waals surface area contributed by atoms with E-state index in [2.05, 4.69) is 5.32 Å². The van der Waals surface area contributed by atoms with E-state index in [1.54, 1.807) is 0 Å². The Labute approximate surface area is 184 Å². The monoisotopic (exact) mass is 442 g/mol. The molecule has 2 unspecified atom stereocenters. The van der Waals surface area contributed by atoms with E-state index in [1.165, 1.54) is 0 Å². The molecule has 0 saturated heterocycles. The SMILES string of the molecule is CC(C)OP(=O)(c1ccc(N(C)C)cc1)C(Nc1ccccc1)c1ccc(Cl)cc1. The number of para-hydroxylation sites is 1. The van der Waals surface area contributed by atoms with E-state index >= 15 is 0 Å². The van der Waals surface area contributed by atoms with Crippen LogP contribution in [-0.2, 0) is 9.09 Å². The smallest absolute Gasteiger partial charge is 0.258 e. The molecule has 0 bridgehead atoms. The number of nitrogens with zero attached hydrogens (tertiary/aromatic N) is 1. The van der Waals surface area contributed by atoms with Crippen molar-refractivity contribution < 1.29 is 9.09 Å². The first-order chi connectivity index (χ1) is 14.3. The normalized spacial score (nSPS) is 14.2. The molecule has 3 rings (SSSR count). The molecule has 0 saturated carbocycles. The van der Waals surface area contributed by atoms with Crippen molar-refractivity contribution in [3.8, 4) is 0 Å². The number of anilines is 2. The third kappa shape index (κ3) is 5.26. The first kappa shape index (κ1) is 22.4. The molecule has 0 spiro atoms. The number of halogens is 1. The summed E-state index contributed by atoms with van der Waals surface area (Å²) in [4.78, 5) is 2.01. The molecule has 6 heteroatoms. The largest absolute Gasteiger partial charge is 0.378 e. The number of hydrogen-bond acceptors (Lipinski definition) is 4. The van der Waals surface area contributed by atoms with E-state index in [1.807, 2.05) is 112 Å². The minimum Gasteiger partial charge on any atom is -0.378 e. The second-order valence-electron chi connectivity index (χ2n) is 7.63. The van der Waals surface area contributed by atoms with Crippen LogP contribution in [0.5, 0.6) is 0 Å². The van der Waals surface area contributed by atoms with Crippen LogP contribution in [-0.4, -0.2) is 20.2 Å². The first-order valence-electron chi connectivity index (χ1n) is 9.93. The van der Waals surface area contributed by atoms with Gasteiger partial charge in [0.15, 0.2) is 0 Å². The molecule has 0 aliphatic heterocycles. The van der Waals surface area contributed by atoms with Crippen LogP contribution in [0.4, 0.5) is 11.4 Å². The molecular formula is C24H28ClN2O2P. The molecule has 0 aliphatic rings. The molecule has 0 heterocycles. The molecule has 2 atom stereocenters. The van der Waals surface area contributed by atoms with E-state index in [9.17, 15) is 4.57 Å². The summed E-state index contributed by atoms with van der Waals surface area (Å²) in [6.45, 7) is 3.81. The molecular weight excluding hydrogens is 415 g/mol. The number of nitrogens with one attached hydrogen (secondary N) is 1. The van der Waals surface area contributed by atoms with Crippen molar-refractivity contribution in [1.29, 1.82) is 0 Å². The van der Waals surface area contributed by atoms with Crippen molar-refractivity contribution in [2.75, 3.05) is 24.3 Å². The van der Waals surface area contributed by atoms with Gasteiger partial charge in [0, 0.05) is 35.8 Å². The topological polar surface area (TPSA) is 41.6 Å². The molecule has 158 valence electrons. The molecule has 3 aromatic carbocycles. The maximum Gasteiger partial charge on any atom is 0.258 e. The lowest BCUT2D eigenvalue weighted by molar-refractivity contribution is 0.245. The van der Waals surface area contributed by atoms with Crippen molar-refractivity contribution in [3.63, 3.8) is 0 Å². The lowest BCUT2D eigenvalue weighted by Gasteiger charge is -2.31. The Hall–Kier alpha value is -2.26. The average Bonchev–Trinajstić information content (AvgIpc) is 2.73. The van der Waals surface area contributed by atoms with E-state index < -0.39 is 13.2 Å². The van der Waals surface area contributed by atoms with E-state index in [0.29, 0.717) is 10.3 Å². The van der Waals surface area contributed by atoms with Gasteiger partial charge in [0.1, 0.15) is 5.78 Å². The zero-order valence-corrected chi connectivity index (χ0v) is 19.4. The summed E-state index contributed by atoms with van der Waals surface area (Å²) in [5, 5.41) is 4.76. The minimum absolute atomic E-state index is 0.211.